The van der Waals surface area contributed by atoms with E-state index >= 15 is 0 Å². The smallest absolute Gasteiger partial charge is 0.180 e. The Morgan fingerprint density at radius 2 is 1.55 bits per heavy atom. The summed E-state index contributed by atoms with van der Waals surface area (Å²) in [4.78, 5) is 9.19. The fourth-order valence-electron chi connectivity index (χ4n) is 5.68. The third-order valence-corrected chi connectivity index (χ3v) is 8.71. The molecular formula is C34H22N2OS. The maximum atomic E-state index is 6.23. The lowest BCUT2D eigenvalue weighted by atomic mass is 9.90. The largest absolute Gasteiger partial charge is 0.452 e. The molecule has 0 spiro atoms. The Labute approximate surface area is 223 Å². The lowest BCUT2D eigenvalue weighted by Gasteiger charge is -2.15. The number of para-hydroxylation sites is 1. The van der Waals surface area contributed by atoms with Gasteiger partial charge in [0.25, 0.3) is 0 Å². The molecular weight excluding hydrogens is 484 g/mol. The van der Waals surface area contributed by atoms with Crippen LogP contribution >= 0.6 is 11.3 Å². The number of furan rings is 1. The highest BCUT2D eigenvalue weighted by atomic mass is 32.1. The van der Waals surface area contributed by atoms with Gasteiger partial charge in [-0.2, -0.15) is 0 Å². The zero-order chi connectivity index (χ0) is 25.1. The van der Waals surface area contributed by atoms with E-state index in [0.29, 0.717) is 0 Å². The van der Waals surface area contributed by atoms with Crippen molar-refractivity contribution in [3.8, 4) is 11.1 Å². The molecule has 0 aliphatic heterocycles. The van der Waals surface area contributed by atoms with Gasteiger partial charge in [-0.3, -0.25) is 0 Å². The molecule has 0 bridgehead atoms. The standard InChI is InChI=1S/C34H22N2OS/c1-3-16-29-28(13-1)32-33(37-29)31(35-20-36-32)24-11-6-9-22(19-24)21-8-5-10-23(18-21)25-14-7-15-27-26-12-2-4-17-30(26)38-34(25)27/h1-5,7-8,10-20H,6,9H2. The summed E-state index contributed by atoms with van der Waals surface area (Å²) in [6, 6.07) is 32.4. The fraction of sp³-hybridized carbons (Fsp3) is 0.0588. The molecule has 3 aromatic heterocycles. The van der Waals surface area contributed by atoms with Gasteiger partial charge >= 0.3 is 0 Å². The lowest BCUT2D eigenvalue weighted by molar-refractivity contribution is 0.664. The summed E-state index contributed by atoms with van der Waals surface area (Å²) in [5.74, 6) is 0. The zero-order valence-electron chi connectivity index (χ0n) is 20.5. The molecule has 0 N–H and O–H groups in total. The highest BCUT2D eigenvalue weighted by Crippen LogP contribution is 2.41. The molecule has 38 heavy (non-hydrogen) atoms. The zero-order valence-corrected chi connectivity index (χ0v) is 21.3. The molecule has 7 aromatic rings. The number of aromatic nitrogens is 2. The second-order valence-electron chi connectivity index (χ2n) is 9.73. The molecule has 1 aliphatic carbocycles. The van der Waals surface area contributed by atoms with Gasteiger partial charge in [0.2, 0.25) is 0 Å². The van der Waals surface area contributed by atoms with Crippen molar-refractivity contribution in [1.82, 2.24) is 9.97 Å². The number of nitrogens with zero attached hydrogens (tertiary/aromatic N) is 2. The van der Waals surface area contributed by atoms with Crippen molar-refractivity contribution in [2.45, 2.75) is 12.8 Å². The second kappa shape index (κ2) is 8.51. The van der Waals surface area contributed by atoms with Crippen molar-refractivity contribution in [3.63, 3.8) is 0 Å². The minimum atomic E-state index is 0.752. The molecule has 4 heteroatoms. The highest BCUT2D eigenvalue weighted by Gasteiger charge is 2.18. The summed E-state index contributed by atoms with van der Waals surface area (Å²) in [7, 11) is 0. The van der Waals surface area contributed by atoms with Crippen LogP contribution in [0.5, 0.6) is 0 Å². The van der Waals surface area contributed by atoms with E-state index in [4.69, 9.17) is 4.42 Å². The van der Waals surface area contributed by atoms with Crippen molar-refractivity contribution in [3.05, 3.63) is 121 Å². The Morgan fingerprint density at radius 1 is 0.737 bits per heavy atom. The minimum absolute atomic E-state index is 0.752. The van der Waals surface area contributed by atoms with Crippen molar-refractivity contribution in [2.75, 3.05) is 0 Å². The van der Waals surface area contributed by atoms with Gasteiger partial charge in [0, 0.05) is 31.1 Å². The summed E-state index contributed by atoms with van der Waals surface area (Å²) in [5, 5.41) is 3.68. The van der Waals surface area contributed by atoms with E-state index in [1.54, 1.807) is 6.33 Å². The molecule has 0 atom stereocenters. The van der Waals surface area contributed by atoms with E-state index in [1.807, 2.05) is 29.5 Å². The van der Waals surface area contributed by atoms with Crippen LogP contribution in [0.4, 0.5) is 0 Å². The summed E-state index contributed by atoms with van der Waals surface area (Å²) in [5.41, 5.74) is 9.51. The molecule has 4 aromatic carbocycles. The van der Waals surface area contributed by atoms with Crippen molar-refractivity contribution < 1.29 is 4.42 Å². The van der Waals surface area contributed by atoms with Gasteiger partial charge in [-0.1, -0.05) is 72.8 Å². The van der Waals surface area contributed by atoms with Gasteiger partial charge in [-0.05, 0) is 65.4 Å². The van der Waals surface area contributed by atoms with Crippen molar-refractivity contribution in [2.24, 2.45) is 0 Å². The number of hydrogen-bond donors (Lipinski definition) is 0. The Kier molecular flexibility index (Phi) is 4.82. The molecule has 8 rings (SSSR count). The van der Waals surface area contributed by atoms with Gasteiger partial charge in [0.15, 0.2) is 5.58 Å². The van der Waals surface area contributed by atoms with Gasteiger partial charge < -0.3 is 4.42 Å². The summed E-state index contributed by atoms with van der Waals surface area (Å²) in [6.07, 6.45) is 8.14. The van der Waals surface area contributed by atoms with Crippen LogP contribution < -0.4 is 0 Å². The Balaban J connectivity index is 1.23. The molecule has 0 amide bonds. The van der Waals surface area contributed by atoms with Crippen LogP contribution in [0.15, 0.2) is 114 Å². The molecule has 3 heterocycles. The number of rotatable bonds is 3. The van der Waals surface area contributed by atoms with Crippen LogP contribution in [-0.2, 0) is 0 Å². The van der Waals surface area contributed by atoms with Crippen LogP contribution in [-0.4, -0.2) is 9.97 Å². The van der Waals surface area contributed by atoms with Crippen LogP contribution in [0.3, 0.4) is 0 Å². The Bertz CT molecular complexity index is 2090. The molecule has 0 fully saturated rings. The van der Waals surface area contributed by atoms with Crippen LogP contribution in [0.1, 0.15) is 24.1 Å². The first-order valence-electron chi connectivity index (χ1n) is 12.9. The maximum Gasteiger partial charge on any atom is 0.180 e. The van der Waals surface area contributed by atoms with E-state index in [9.17, 15) is 0 Å². The van der Waals surface area contributed by atoms with Crippen molar-refractivity contribution in [1.29, 1.82) is 0 Å². The first-order valence-corrected chi connectivity index (χ1v) is 13.7. The fourth-order valence-corrected chi connectivity index (χ4v) is 6.92. The minimum Gasteiger partial charge on any atom is -0.452 e. The van der Waals surface area contributed by atoms with Crippen LogP contribution in [0.2, 0.25) is 0 Å². The molecule has 0 saturated carbocycles. The average molecular weight is 507 g/mol. The average Bonchev–Trinajstić information content (AvgIpc) is 3.56. The van der Waals surface area contributed by atoms with E-state index in [-0.39, 0.29) is 0 Å². The predicted octanol–water partition coefficient (Wildman–Crippen LogP) is 9.67. The number of fused-ring (bicyclic) bond motifs is 6. The van der Waals surface area contributed by atoms with E-state index in [1.165, 1.54) is 42.4 Å². The van der Waals surface area contributed by atoms with Gasteiger partial charge in [0.1, 0.15) is 23.1 Å². The molecule has 180 valence electrons. The molecule has 0 saturated heterocycles. The van der Waals surface area contributed by atoms with Gasteiger partial charge in [-0.15, -0.1) is 11.3 Å². The SMILES string of the molecule is C1=C(c2cccc(-c3cccc4c3sc3ccccc34)c2)CCC=C1c1ncnc2c1oc1ccccc12. The first-order chi connectivity index (χ1) is 18.8. The number of hydrogen-bond acceptors (Lipinski definition) is 4. The van der Waals surface area contributed by atoms with E-state index < -0.39 is 0 Å². The quantitative estimate of drug-likeness (QED) is 0.239. The lowest BCUT2D eigenvalue weighted by Crippen LogP contribution is -1.96. The highest BCUT2D eigenvalue weighted by molar-refractivity contribution is 7.26. The third-order valence-electron chi connectivity index (χ3n) is 7.49. The predicted molar refractivity (Wildman–Crippen MR) is 159 cm³/mol. The Morgan fingerprint density at radius 3 is 2.53 bits per heavy atom. The third kappa shape index (κ3) is 3.34. The topological polar surface area (TPSA) is 38.9 Å². The monoisotopic (exact) mass is 506 g/mol. The summed E-state index contributed by atoms with van der Waals surface area (Å²) in [6.45, 7) is 0. The number of thiophene rings is 1. The second-order valence-corrected chi connectivity index (χ2v) is 10.8. The van der Waals surface area contributed by atoms with E-state index in [2.05, 4.69) is 94.9 Å². The first kappa shape index (κ1) is 21.5. The number of allylic oxidation sites excluding steroid dienone is 4. The van der Waals surface area contributed by atoms with Crippen LogP contribution in [0.25, 0.3) is 64.5 Å². The van der Waals surface area contributed by atoms with Crippen LogP contribution in [0, 0.1) is 0 Å². The summed E-state index contributed by atoms with van der Waals surface area (Å²) >= 11 is 1.88. The molecule has 3 nitrogen and oxygen atoms in total. The van der Waals surface area contributed by atoms with Gasteiger partial charge in [-0.25, -0.2) is 9.97 Å². The Hall–Kier alpha value is -4.54. The van der Waals surface area contributed by atoms with E-state index in [0.717, 1.165) is 46.2 Å². The van der Waals surface area contributed by atoms with Gasteiger partial charge in [0.05, 0.1) is 0 Å². The molecule has 0 radical (unpaired) electrons. The molecule has 1 aliphatic rings. The summed E-state index contributed by atoms with van der Waals surface area (Å²) < 4.78 is 8.90. The number of benzene rings is 4. The maximum absolute atomic E-state index is 6.23. The molecule has 0 unspecified atom stereocenters. The van der Waals surface area contributed by atoms with Crippen molar-refractivity contribution >= 4 is 64.7 Å². The normalized spacial score (nSPS) is 13.9.